The molecule has 3 unspecified atom stereocenters. The standard InChI is InChI=1S/C20H24O2/c1-5-20(2)12-10-15-14-8-6-7-9-16(14)18(21-3)19(22-4)17(15)11-13-20/h6-13,18-19H,5H2,1-4H3. The molecule has 3 rings (SSSR count). The van der Waals surface area contributed by atoms with E-state index in [4.69, 9.17) is 9.47 Å². The first kappa shape index (κ1) is 15.3. The topological polar surface area (TPSA) is 18.5 Å². The van der Waals surface area contributed by atoms with Crippen LogP contribution in [0.25, 0.3) is 5.57 Å². The average molecular weight is 296 g/mol. The van der Waals surface area contributed by atoms with E-state index in [9.17, 15) is 0 Å². The molecule has 3 atom stereocenters. The van der Waals surface area contributed by atoms with Crippen molar-refractivity contribution in [2.75, 3.05) is 14.2 Å². The second kappa shape index (κ2) is 5.86. The molecule has 0 bridgehead atoms. The fourth-order valence-corrected chi connectivity index (χ4v) is 3.34. The van der Waals surface area contributed by atoms with Crippen LogP contribution in [0.4, 0.5) is 0 Å². The van der Waals surface area contributed by atoms with Crippen LogP contribution in [0.5, 0.6) is 0 Å². The molecule has 0 radical (unpaired) electrons. The van der Waals surface area contributed by atoms with E-state index >= 15 is 0 Å². The van der Waals surface area contributed by atoms with Gasteiger partial charge in [-0.3, -0.25) is 0 Å². The quantitative estimate of drug-likeness (QED) is 0.805. The summed E-state index contributed by atoms with van der Waals surface area (Å²) in [5.41, 5.74) is 5.01. The van der Waals surface area contributed by atoms with Gasteiger partial charge in [-0.1, -0.05) is 62.4 Å². The molecule has 1 aromatic carbocycles. The minimum atomic E-state index is -0.0741. The Hall–Kier alpha value is -1.64. The third-order valence-corrected chi connectivity index (χ3v) is 4.99. The summed E-state index contributed by atoms with van der Waals surface area (Å²) in [4.78, 5) is 0. The van der Waals surface area contributed by atoms with Crippen molar-refractivity contribution in [1.29, 1.82) is 0 Å². The molecule has 0 fully saturated rings. The van der Waals surface area contributed by atoms with E-state index in [0.717, 1.165) is 6.42 Å². The summed E-state index contributed by atoms with van der Waals surface area (Å²) in [6.07, 6.45) is 10.0. The van der Waals surface area contributed by atoms with Gasteiger partial charge in [0.15, 0.2) is 0 Å². The van der Waals surface area contributed by atoms with Crippen molar-refractivity contribution in [2.45, 2.75) is 32.5 Å². The number of allylic oxidation sites excluding steroid dienone is 4. The van der Waals surface area contributed by atoms with Crippen molar-refractivity contribution in [3.05, 3.63) is 65.3 Å². The van der Waals surface area contributed by atoms with Crippen LogP contribution in [-0.2, 0) is 9.47 Å². The lowest BCUT2D eigenvalue weighted by molar-refractivity contribution is -0.0183. The fraction of sp³-hybridized carbons (Fsp3) is 0.400. The molecule has 0 N–H and O–H groups in total. The minimum Gasteiger partial charge on any atom is -0.374 e. The zero-order valence-corrected chi connectivity index (χ0v) is 13.8. The lowest BCUT2D eigenvalue weighted by Gasteiger charge is -2.33. The largest absolute Gasteiger partial charge is 0.374 e. The van der Waals surface area contributed by atoms with Gasteiger partial charge < -0.3 is 9.47 Å². The SMILES string of the molecule is CCC1(C)C=CC2=C(C=C1)C(OC)C(OC)c1ccccc12. The molecule has 2 nitrogen and oxygen atoms in total. The molecule has 0 amide bonds. The van der Waals surface area contributed by atoms with Crippen molar-refractivity contribution in [2.24, 2.45) is 5.41 Å². The van der Waals surface area contributed by atoms with Crippen LogP contribution in [0.15, 0.2) is 54.1 Å². The van der Waals surface area contributed by atoms with Gasteiger partial charge in [0.2, 0.25) is 0 Å². The summed E-state index contributed by atoms with van der Waals surface area (Å²) in [5.74, 6) is 0. The van der Waals surface area contributed by atoms with E-state index in [1.54, 1.807) is 14.2 Å². The number of fused-ring (bicyclic) bond motifs is 2. The highest BCUT2D eigenvalue weighted by molar-refractivity contribution is 5.84. The molecular weight excluding hydrogens is 272 g/mol. The lowest BCUT2D eigenvalue weighted by Crippen LogP contribution is -2.29. The molecule has 0 saturated heterocycles. The maximum absolute atomic E-state index is 5.81. The Morgan fingerprint density at radius 1 is 1.00 bits per heavy atom. The predicted octanol–water partition coefficient (Wildman–Crippen LogP) is 4.70. The van der Waals surface area contributed by atoms with Crippen LogP contribution in [0.3, 0.4) is 0 Å². The van der Waals surface area contributed by atoms with Crippen molar-refractivity contribution < 1.29 is 9.47 Å². The third-order valence-electron chi connectivity index (χ3n) is 4.99. The van der Waals surface area contributed by atoms with Crippen molar-refractivity contribution in [1.82, 2.24) is 0 Å². The summed E-state index contributed by atoms with van der Waals surface area (Å²) in [7, 11) is 3.52. The highest BCUT2D eigenvalue weighted by Gasteiger charge is 2.35. The third kappa shape index (κ3) is 2.37. The Labute approximate surface area is 133 Å². The summed E-state index contributed by atoms with van der Waals surface area (Å²) in [6.45, 7) is 4.48. The molecular formula is C20H24O2. The smallest absolute Gasteiger partial charge is 0.113 e. The maximum atomic E-state index is 5.81. The number of benzene rings is 1. The van der Waals surface area contributed by atoms with Crippen LogP contribution in [0.1, 0.15) is 37.5 Å². The zero-order chi connectivity index (χ0) is 15.7. The summed E-state index contributed by atoms with van der Waals surface area (Å²) >= 11 is 0. The number of rotatable bonds is 3. The minimum absolute atomic E-state index is 0.0658. The molecule has 116 valence electrons. The number of methoxy groups -OCH3 is 2. The summed E-state index contributed by atoms with van der Waals surface area (Å²) < 4.78 is 11.6. The van der Waals surface area contributed by atoms with Gasteiger partial charge in [-0.2, -0.15) is 0 Å². The second-order valence-corrected chi connectivity index (χ2v) is 6.29. The average Bonchev–Trinajstić information content (AvgIpc) is 2.74. The molecule has 0 heterocycles. The van der Waals surface area contributed by atoms with Gasteiger partial charge in [-0.15, -0.1) is 0 Å². The van der Waals surface area contributed by atoms with E-state index in [-0.39, 0.29) is 17.6 Å². The molecule has 2 aliphatic rings. The molecule has 0 spiro atoms. The Balaban J connectivity index is 2.21. The molecule has 0 saturated carbocycles. The Bertz CT molecular complexity index is 653. The van der Waals surface area contributed by atoms with E-state index in [1.165, 1.54) is 22.3 Å². The summed E-state index contributed by atoms with van der Waals surface area (Å²) in [6, 6.07) is 8.47. The van der Waals surface area contributed by atoms with Crippen molar-refractivity contribution in [3.8, 4) is 0 Å². The van der Waals surface area contributed by atoms with Gasteiger partial charge in [-0.05, 0) is 28.7 Å². The van der Waals surface area contributed by atoms with E-state index in [0.29, 0.717) is 0 Å². The highest BCUT2D eigenvalue weighted by atomic mass is 16.5. The Kier molecular flexibility index (Phi) is 4.07. The molecule has 2 aliphatic carbocycles. The molecule has 22 heavy (non-hydrogen) atoms. The molecule has 1 aromatic rings. The van der Waals surface area contributed by atoms with Gasteiger partial charge in [0.05, 0.1) is 0 Å². The van der Waals surface area contributed by atoms with E-state index in [2.05, 4.69) is 62.4 Å². The van der Waals surface area contributed by atoms with Gasteiger partial charge in [0.1, 0.15) is 12.2 Å². The molecule has 2 heteroatoms. The van der Waals surface area contributed by atoms with E-state index in [1.807, 2.05) is 0 Å². The maximum Gasteiger partial charge on any atom is 0.113 e. The monoisotopic (exact) mass is 296 g/mol. The zero-order valence-electron chi connectivity index (χ0n) is 13.8. The van der Waals surface area contributed by atoms with Gasteiger partial charge in [0.25, 0.3) is 0 Å². The Morgan fingerprint density at radius 2 is 1.68 bits per heavy atom. The van der Waals surface area contributed by atoms with Crippen molar-refractivity contribution >= 4 is 5.57 Å². The highest BCUT2D eigenvalue weighted by Crippen LogP contribution is 2.44. The predicted molar refractivity (Wildman–Crippen MR) is 90.6 cm³/mol. The number of hydrogen-bond acceptors (Lipinski definition) is 2. The first-order valence-electron chi connectivity index (χ1n) is 7.91. The second-order valence-electron chi connectivity index (χ2n) is 6.29. The van der Waals surface area contributed by atoms with Crippen LogP contribution >= 0.6 is 0 Å². The van der Waals surface area contributed by atoms with Crippen LogP contribution in [0.2, 0.25) is 0 Å². The molecule has 0 aromatic heterocycles. The Morgan fingerprint density at radius 3 is 2.36 bits per heavy atom. The van der Waals surface area contributed by atoms with E-state index < -0.39 is 0 Å². The first-order valence-corrected chi connectivity index (χ1v) is 7.91. The van der Waals surface area contributed by atoms with Crippen molar-refractivity contribution in [3.63, 3.8) is 0 Å². The first-order chi connectivity index (χ1) is 10.6. The van der Waals surface area contributed by atoms with Crippen LogP contribution < -0.4 is 0 Å². The fourth-order valence-electron chi connectivity index (χ4n) is 3.34. The number of ether oxygens (including phenoxy) is 2. The van der Waals surface area contributed by atoms with Crippen LogP contribution in [0, 0.1) is 5.41 Å². The number of hydrogen-bond donors (Lipinski definition) is 0. The normalized spacial score (nSPS) is 30.0. The summed E-state index contributed by atoms with van der Waals surface area (Å²) in [5, 5.41) is 0. The van der Waals surface area contributed by atoms with Gasteiger partial charge in [0, 0.05) is 19.6 Å². The lowest BCUT2D eigenvalue weighted by atomic mass is 9.81. The van der Waals surface area contributed by atoms with Gasteiger partial charge >= 0.3 is 0 Å². The molecule has 0 aliphatic heterocycles. The van der Waals surface area contributed by atoms with Crippen LogP contribution in [-0.4, -0.2) is 20.3 Å². The van der Waals surface area contributed by atoms with Gasteiger partial charge in [-0.25, -0.2) is 0 Å².